The fraction of sp³-hybridized carbons (Fsp3) is 0.923. The topological polar surface area (TPSA) is 54.0 Å². The molecule has 0 aromatic carbocycles. The molecule has 0 aliphatic heterocycles. The third-order valence-electron chi connectivity index (χ3n) is 2.14. The lowest BCUT2D eigenvalue weighted by atomic mass is 10.4. The first kappa shape index (κ1) is 17.4. The van der Waals surface area contributed by atoms with Gasteiger partial charge in [-0.15, -0.1) is 0 Å². The predicted molar refractivity (Wildman–Crippen MR) is 68.6 cm³/mol. The summed E-state index contributed by atoms with van der Waals surface area (Å²) in [7, 11) is 0. The molecule has 0 unspecified atom stereocenters. The Hall–Kier alpha value is -0.650. The maximum Gasteiger partial charge on any atom is 0.308 e. The van der Waals surface area contributed by atoms with Crippen LogP contribution in [0.1, 0.15) is 33.1 Å². The molecule has 5 heteroatoms. The number of carbonyl (C=O) groups excluding carboxylic acids is 1. The molecule has 0 aliphatic rings. The summed E-state index contributed by atoms with van der Waals surface area (Å²) in [5.74, 6) is -0.220. The summed E-state index contributed by atoms with van der Waals surface area (Å²) in [6.45, 7) is 7.76. The van der Waals surface area contributed by atoms with Gasteiger partial charge in [-0.1, -0.05) is 13.3 Å². The molecule has 0 amide bonds. The van der Waals surface area contributed by atoms with Crippen LogP contribution in [0.2, 0.25) is 0 Å². The van der Waals surface area contributed by atoms with Crippen LogP contribution in [0.4, 0.5) is 0 Å². The van der Waals surface area contributed by atoms with Crippen LogP contribution in [0.25, 0.3) is 0 Å². The van der Waals surface area contributed by atoms with Gasteiger partial charge in [-0.3, -0.25) is 4.79 Å². The summed E-state index contributed by atoms with van der Waals surface area (Å²) in [5, 5.41) is 0. The Balaban J connectivity index is 3.01. The molecule has 0 fully saturated rings. The first-order valence-corrected chi connectivity index (χ1v) is 6.70. The lowest BCUT2D eigenvalue weighted by Crippen LogP contribution is -2.12. The van der Waals surface area contributed by atoms with Gasteiger partial charge in [0, 0.05) is 6.61 Å². The molecule has 18 heavy (non-hydrogen) atoms. The minimum absolute atomic E-state index is 0.220. The van der Waals surface area contributed by atoms with Crippen molar-refractivity contribution in [3.05, 3.63) is 0 Å². The summed E-state index contributed by atoms with van der Waals surface area (Å²) in [6.07, 6.45) is 2.54. The van der Waals surface area contributed by atoms with Gasteiger partial charge >= 0.3 is 5.97 Å². The standard InChI is InChI=1S/C13H26O5/c1-3-5-7-15-9-11-17-12-10-16-8-6-13(14)18-4-2/h3-12H2,1-2H3. The van der Waals surface area contributed by atoms with E-state index in [-0.39, 0.29) is 5.97 Å². The molecule has 0 aliphatic carbocycles. The van der Waals surface area contributed by atoms with Gasteiger partial charge in [0.2, 0.25) is 0 Å². The summed E-state index contributed by atoms with van der Waals surface area (Å²) >= 11 is 0. The third kappa shape index (κ3) is 13.4. The Labute approximate surface area is 110 Å². The zero-order chi connectivity index (χ0) is 13.5. The van der Waals surface area contributed by atoms with E-state index in [2.05, 4.69) is 6.92 Å². The first-order chi connectivity index (χ1) is 8.81. The van der Waals surface area contributed by atoms with Crippen LogP contribution >= 0.6 is 0 Å². The number of carbonyl (C=O) groups is 1. The van der Waals surface area contributed by atoms with E-state index >= 15 is 0 Å². The number of esters is 1. The average Bonchev–Trinajstić information content (AvgIpc) is 2.36. The lowest BCUT2D eigenvalue weighted by Gasteiger charge is -2.06. The van der Waals surface area contributed by atoms with Crippen molar-refractivity contribution in [3.8, 4) is 0 Å². The highest BCUT2D eigenvalue weighted by Gasteiger charge is 2.00. The second-order valence-electron chi connectivity index (χ2n) is 3.75. The van der Waals surface area contributed by atoms with Crippen molar-refractivity contribution in [2.75, 3.05) is 46.2 Å². The van der Waals surface area contributed by atoms with E-state index < -0.39 is 0 Å². The monoisotopic (exact) mass is 262 g/mol. The van der Waals surface area contributed by atoms with Crippen LogP contribution in [0.15, 0.2) is 0 Å². The van der Waals surface area contributed by atoms with Gasteiger partial charge in [-0.05, 0) is 13.3 Å². The molecule has 0 atom stereocenters. The second kappa shape index (κ2) is 14.4. The van der Waals surface area contributed by atoms with E-state index in [1.807, 2.05) is 0 Å². The lowest BCUT2D eigenvalue weighted by molar-refractivity contribution is -0.144. The zero-order valence-corrected chi connectivity index (χ0v) is 11.6. The second-order valence-corrected chi connectivity index (χ2v) is 3.75. The molecule has 0 heterocycles. The molecule has 0 saturated heterocycles. The summed E-state index contributed by atoms with van der Waals surface area (Å²) in [4.78, 5) is 11.0. The fourth-order valence-electron chi connectivity index (χ4n) is 1.18. The molecular formula is C13H26O5. The number of hydrogen-bond acceptors (Lipinski definition) is 5. The van der Waals surface area contributed by atoms with Gasteiger partial charge in [-0.2, -0.15) is 0 Å². The number of hydrogen-bond donors (Lipinski definition) is 0. The largest absolute Gasteiger partial charge is 0.466 e. The Morgan fingerprint density at radius 2 is 1.39 bits per heavy atom. The Morgan fingerprint density at radius 1 is 0.833 bits per heavy atom. The van der Waals surface area contributed by atoms with Crippen LogP contribution in [0, 0.1) is 0 Å². The van der Waals surface area contributed by atoms with Gasteiger partial charge in [-0.25, -0.2) is 0 Å². The van der Waals surface area contributed by atoms with Crippen LogP contribution in [-0.2, 0) is 23.7 Å². The Bertz CT molecular complexity index is 184. The highest BCUT2D eigenvalue weighted by atomic mass is 16.5. The first-order valence-electron chi connectivity index (χ1n) is 6.70. The molecule has 0 N–H and O–H groups in total. The van der Waals surface area contributed by atoms with Crippen LogP contribution in [0.3, 0.4) is 0 Å². The molecule has 0 rings (SSSR count). The normalized spacial score (nSPS) is 10.6. The summed E-state index contributed by atoms with van der Waals surface area (Å²) in [5.41, 5.74) is 0. The molecule has 5 nitrogen and oxygen atoms in total. The molecule has 108 valence electrons. The van der Waals surface area contributed by atoms with Crippen molar-refractivity contribution >= 4 is 5.97 Å². The van der Waals surface area contributed by atoms with E-state index in [1.165, 1.54) is 0 Å². The van der Waals surface area contributed by atoms with Crippen molar-refractivity contribution in [2.24, 2.45) is 0 Å². The summed E-state index contributed by atoms with van der Waals surface area (Å²) < 4.78 is 20.6. The van der Waals surface area contributed by atoms with E-state index in [1.54, 1.807) is 6.92 Å². The zero-order valence-electron chi connectivity index (χ0n) is 11.6. The van der Waals surface area contributed by atoms with Gasteiger partial charge in [0.25, 0.3) is 0 Å². The Morgan fingerprint density at radius 3 is 1.94 bits per heavy atom. The molecule has 0 aromatic heterocycles. The van der Waals surface area contributed by atoms with Gasteiger partial charge in [0.05, 0.1) is 46.1 Å². The minimum atomic E-state index is -0.220. The van der Waals surface area contributed by atoms with Crippen molar-refractivity contribution in [1.29, 1.82) is 0 Å². The number of rotatable bonds is 13. The Kier molecular flexibility index (Phi) is 13.9. The van der Waals surface area contributed by atoms with Crippen molar-refractivity contribution in [2.45, 2.75) is 33.1 Å². The molecule has 0 radical (unpaired) electrons. The van der Waals surface area contributed by atoms with Gasteiger partial charge < -0.3 is 18.9 Å². The van der Waals surface area contributed by atoms with E-state index in [0.29, 0.717) is 46.1 Å². The van der Waals surface area contributed by atoms with Crippen LogP contribution in [-0.4, -0.2) is 52.2 Å². The fourth-order valence-corrected chi connectivity index (χ4v) is 1.18. The quantitative estimate of drug-likeness (QED) is 0.374. The SMILES string of the molecule is CCCCOCCOCCOCCC(=O)OCC. The van der Waals surface area contributed by atoms with Crippen molar-refractivity contribution < 1.29 is 23.7 Å². The summed E-state index contributed by atoms with van der Waals surface area (Å²) in [6, 6.07) is 0. The van der Waals surface area contributed by atoms with Crippen molar-refractivity contribution in [3.63, 3.8) is 0 Å². The highest BCUT2D eigenvalue weighted by Crippen LogP contribution is 1.90. The average molecular weight is 262 g/mol. The number of ether oxygens (including phenoxy) is 4. The smallest absolute Gasteiger partial charge is 0.308 e. The number of unbranched alkanes of at least 4 members (excludes halogenated alkanes) is 1. The molecule has 0 saturated carbocycles. The molecule has 0 spiro atoms. The molecule has 0 bridgehead atoms. The highest BCUT2D eigenvalue weighted by molar-refractivity contribution is 5.69. The van der Waals surface area contributed by atoms with Gasteiger partial charge in [0.1, 0.15) is 0 Å². The van der Waals surface area contributed by atoms with Crippen LogP contribution in [0.5, 0.6) is 0 Å². The minimum Gasteiger partial charge on any atom is -0.466 e. The maximum absolute atomic E-state index is 11.0. The predicted octanol–water partition coefficient (Wildman–Crippen LogP) is 1.79. The van der Waals surface area contributed by atoms with E-state index in [0.717, 1.165) is 19.4 Å². The van der Waals surface area contributed by atoms with E-state index in [4.69, 9.17) is 18.9 Å². The van der Waals surface area contributed by atoms with Crippen LogP contribution < -0.4 is 0 Å². The third-order valence-corrected chi connectivity index (χ3v) is 2.14. The molecule has 0 aromatic rings. The molecular weight excluding hydrogens is 236 g/mol. The van der Waals surface area contributed by atoms with Gasteiger partial charge in [0.15, 0.2) is 0 Å². The van der Waals surface area contributed by atoms with Crippen molar-refractivity contribution in [1.82, 2.24) is 0 Å². The van der Waals surface area contributed by atoms with E-state index in [9.17, 15) is 4.79 Å². The maximum atomic E-state index is 11.0.